The predicted molar refractivity (Wildman–Crippen MR) is 91.7 cm³/mol. The molecule has 2 aromatic carbocycles. The summed E-state index contributed by atoms with van der Waals surface area (Å²) in [6.45, 7) is 0.746. The van der Waals surface area contributed by atoms with Crippen LogP contribution in [0.2, 0.25) is 0 Å². The molecule has 0 aliphatic carbocycles. The molecule has 0 amide bonds. The molecule has 0 bridgehead atoms. The first-order valence-corrected chi connectivity index (χ1v) is 7.66. The van der Waals surface area contributed by atoms with Crippen LogP contribution in [0.3, 0.4) is 0 Å². The summed E-state index contributed by atoms with van der Waals surface area (Å²) in [7, 11) is 0. The summed E-state index contributed by atoms with van der Waals surface area (Å²) >= 11 is 0. The Balaban J connectivity index is 1.70. The maximum absolute atomic E-state index is 9.31. The van der Waals surface area contributed by atoms with Crippen LogP contribution in [0, 0.1) is 0 Å². The van der Waals surface area contributed by atoms with Gasteiger partial charge in [0.2, 0.25) is 0 Å². The van der Waals surface area contributed by atoms with E-state index in [-0.39, 0.29) is 6.61 Å². The van der Waals surface area contributed by atoms with E-state index in [9.17, 15) is 5.11 Å². The number of hydrogen-bond acceptors (Lipinski definition) is 2. The second-order valence-corrected chi connectivity index (χ2v) is 5.59. The van der Waals surface area contributed by atoms with E-state index in [0.717, 1.165) is 18.5 Å². The zero-order valence-corrected chi connectivity index (χ0v) is 12.6. The van der Waals surface area contributed by atoms with Crippen LogP contribution in [0.4, 0.5) is 5.69 Å². The minimum Gasteiger partial charge on any atom is -0.390 e. The first-order valence-electron chi connectivity index (χ1n) is 7.66. The van der Waals surface area contributed by atoms with Gasteiger partial charge < -0.3 is 5.11 Å². The Morgan fingerprint density at radius 3 is 2.14 bits per heavy atom. The van der Waals surface area contributed by atoms with Crippen LogP contribution < -0.4 is 4.48 Å². The van der Waals surface area contributed by atoms with Crippen LogP contribution in [0.25, 0.3) is 0 Å². The van der Waals surface area contributed by atoms with E-state index in [0.29, 0.717) is 11.0 Å². The molecule has 3 rings (SSSR count). The van der Waals surface area contributed by atoms with Crippen molar-refractivity contribution in [2.45, 2.75) is 12.8 Å². The van der Waals surface area contributed by atoms with Crippen molar-refractivity contribution in [1.82, 2.24) is 4.48 Å². The lowest BCUT2D eigenvalue weighted by molar-refractivity contribution is 0.273. The molecular weight excluding hydrogens is 272 g/mol. The van der Waals surface area contributed by atoms with Crippen LogP contribution >= 0.6 is 0 Å². The van der Waals surface area contributed by atoms with E-state index in [1.54, 1.807) is 6.20 Å². The fraction of sp³-hybridized carbons (Fsp3) is 0.211. The van der Waals surface area contributed by atoms with Crippen molar-refractivity contribution in [2.75, 3.05) is 13.2 Å². The van der Waals surface area contributed by atoms with Gasteiger partial charge in [-0.25, -0.2) is 9.48 Å². The minimum absolute atomic E-state index is 0.131. The molecule has 3 heteroatoms. The monoisotopic (exact) mass is 293 g/mol. The second-order valence-electron chi connectivity index (χ2n) is 5.59. The zero-order valence-electron chi connectivity index (χ0n) is 12.6. The van der Waals surface area contributed by atoms with Crippen LogP contribution in [0.1, 0.15) is 11.1 Å². The summed E-state index contributed by atoms with van der Waals surface area (Å²) in [6, 6.07) is 19.2. The summed E-state index contributed by atoms with van der Waals surface area (Å²) < 4.78 is 0.496. The van der Waals surface area contributed by atoms with Crippen molar-refractivity contribution in [3.8, 4) is 0 Å². The average Bonchev–Trinajstić information content (AvgIpc) is 3.05. The topological polar surface area (TPSA) is 32.6 Å². The number of aliphatic hydroxyl groups excluding tert-OH is 1. The molecule has 1 atom stereocenters. The van der Waals surface area contributed by atoms with Crippen LogP contribution in [0.5, 0.6) is 0 Å². The Hall–Kier alpha value is -2.23. The highest BCUT2D eigenvalue weighted by Gasteiger charge is 2.28. The van der Waals surface area contributed by atoms with Gasteiger partial charge in [-0.1, -0.05) is 42.5 Å². The Morgan fingerprint density at radius 2 is 1.55 bits per heavy atom. The smallest absolute Gasteiger partial charge is 0.200 e. The standard InChI is InChI=1S/C19H21N2O/c22-15-14-21(13-12-20-16-21)19-10-8-18(9-11-19)7-6-17-4-2-1-3-5-17/h1-5,8-13,16,22H,6-7,14-15H2/q+1. The Kier molecular flexibility index (Phi) is 4.47. The van der Waals surface area contributed by atoms with E-state index in [1.165, 1.54) is 11.1 Å². The first-order chi connectivity index (χ1) is 10.8. The Morgan fingerprint density at radius 1 is 0.864 bits per heavy atom. The lowest BCUT2D eigenvalue weighted by Gasteiger charge is -2.26. The van der Waals surface area contributed by atoms with Gasteiger partial charge in [-0.3, -0.25) is 0 Å². The van der Waals surface area contributed by atoms with Crippen molar-refractivity contribution >= 4 is 12.0 Å². The van der Waals surface area contributed by atoms with E-state index in [2.05, 4.69) is 53.5 Å². The lowest BCUT2D eigenvalue weighted by Crippen LogP contribution is -2.43. The van der Waals surface area contributed by atoms with E-state index in [4.69, 9.17) is 0 Å². The van der Waals surface area contributed by atoms with Crippen molar-refractivity contribution in [3.63, 3.8) is 0 Å². The van der Waals surface area contributed by atoms with Gasteiger partial charge in [0, 0.05) is 12.1 Å². The number of hydrogen-bond donors (Lipinski definition) is 1. The summed E-state index contributed by atoms with van der Waals surface area (Å²) in [5.41, 5.74) is 3.83. The number of aliphatic hydroxyl groups is 1. The molecule has 0 radical (unpaired) electrons. The summed E-state index contributed by atoms with van der Waals surface area (Å²) in [6.07, 6.45) is 7.76. The van der Waals surface area contributed by atoms with Crippen LogP contribution in [0.15, 0.2) is 72.0 Å². The van der Waals surface area contributed by atoms with E-state index < -0.39 is 0 Å². The number of rotatable bonds is 6. The van der Waals surface area contributed by atoms with Gasteiger partial charge >= 0.3 is 0 Å². The highest BCUT2D eigenvalue weighted by molar-refractivity contribution is 5.78. The molecule has 22 heavy (non-hydrogen) atoms. The van der Waals surface area contributed by atoms with Gasteiger partial charge in [0.25, 0.3) is 0 Å². The maximum Gasteiger partial charge on any atom is 0.200 e. The van der Waals surface area contributed by atoms with Gasteiger partial charge in [0.05, 0.1) is 12.8 Å². The molecule has 0 saturated carbocycles. The highest BCUT2D eigenvalue weighted by atomic mass is 16.3. The second kappa shape index (κ2) is 6.69. The normalized spacial score (nSPS) is 19.7. The third-order valence-corrected chi connectivity index (χ3v) is 4.12. The molecule has 1 heterocycles. The SMILES string of the molecule is OCC[N+]1(c2ccc(CCc3ccccc3)cc2)C=CN=C1. The van der Waals surface area contributed by atoms with Gasteiger partial charge in [-0.05, 0) is 24.0 Å². The Labute approximate surface area is 131 Å². The molecule has 3 nitrogen and oxygen atoms in total. The predicted octanol–water partition coefficient (Wildman–Crippen LogP) is 3.28. The van der Waals surface area contributed by atoms with Crippen molar-refractivity contribution in [2.24, 2.45) is 4.99 Å². The van der Waals surface area contributed by atoms with Crippen LogP contribution in [-0.2, 0) is 12.8 Å². The largest absolute Gasteiger partial charge is 0.390 e. The molecule has 0 aromatic heterocycles. The number of benzene rings is 2. The van der Waals surface area contributed by atoms with Crippen molar-refractivity contribution < 1.29 is 5.11 Å². The van der Waals surface area contributed by atoms with Gasteiger partial charge in [0.1, 0.15) is 18.4 Å². The summed E-state index contributed by atoms with van der Waals surface area (Å²) in [5, 5.41) is 9.31. The Bertz CT molecular complexity index is 648. The van der Waals surface area contributed by atoms with Crippen LogP contribution in [-0.4, -0.2) is 24.6 Å². The molecule has 1 N–H and O–H groups in total. The quantitative estimate of drug-likeness (QED) is 0.815. The van der Waals surface area contributed by atoms with Gasteiger partial charge in [0.15, 0.2) is 6.34 Å². The maximum atomic E-state index is 9.31. The first kappa shape index (κ1) is 14.7. The summed E-state index contributed by atoms with van der Waals surface area (Å²) in [4.78, 5) is 4.19. The molecule has 0 spiro atoms. The number of nitrogens with zero attached hydrogens (tertiary/aromatic N) is 2. The highest BCUT2D eigenvalue weighted by Crippen LogP contribution is 2.25. The molecule has 1 aliphatic heterocycles. The number of aliphatic imine (C=N–C) groups is 1. The lowest BCUT2D eigenvalue weighted by atomic mass is 10.0. The zero-order chi connectivity index (χ0) is 15.3. The molecular formula is C19H21N2O+. The fourth-order valence-corrected chi connectivity index (χ4v) is 2.81. The molecule has 112 valence electrons. The third kappa shape index (κ3) is 3.16. The van der Waals surface area contributed by atoms with Gasteiger partial charge in [-0.15, -0.1) is 0 Å². The molecule has 1 aliphatic rings. The fourth-order valence-electron chi connectivity index (χ4n) is 2.81. The van der Waals surface area contributed by atoms with Crippen molar-refractivity contribution in [3.05, 3.63) is 78.1 Å². The third-order valence-electron chi connectivity index (χ3n) is 4.12. The molecule has 1 unspecified atom stereocenters. The number of quaternary nitrogens is 1. The van der Waals surface area contributed by atoms with E-state index >= 15 is 0 Å². The average molecular weight is 293 g/mol. The van der Waals surface area contributed by atoms with E-state index in [1.807, 2.05) is 18.6 Å². The van der Waals surface area contributed by atoms with Gasteiger partial charge in [-0.2, -0.15) is 0 Å². The summed E-state index contributed by atoms with van der Waals surface area (Å²) in [5.74, 6) is 0. The molecule has 2 aromatic rings. The molecule has 0 saturated heterocycles. The number of aryl methyl sites for hydroxylation is 2. The minimum atomic E-state index is 0.131. The van der Waals surface area contributed by atoms with Crippen molar-refractivity contribution in [1.29, 1.82) is 0 Å². The molecule has 0 fully saturated rings.